The summed E-state index contributed by atoms with van der Waals surface area (Å²) in [6.07, 6.45) is 4.63. The lowest BCUT2D eigenvalue weighted by molar-refractivity contribution is -0.121. The van der Waals surface area contributed by atoms with E-state index in [2.05, 4.69) is 19.9 Å². The van der Waals surface area contributed by atoms with Crippen molar-refractivity contribution in [3.63, 3.8) is 0 Å². The first-order valence-corrected chi connectivity index (χ1v) is 4.05. The molecule has 0 spiro atoms. The molecule has 2 nitrogen and oxygen atoms in total. The number of carbonyl (C=O) groups is 1. The lowest BCUT2D eigenvalue weighted by Gasteiger charge is -2.25. The molecule has 11 heavy (non-hydrogen) atoms. The smallest absolute Gasteiger partial charge is 0.149 e. The Hall–Kier alpha value is -0.630. The van der Waals surface area contributed by atoms with Gasteiger partial charge >= 0.3 is 0 Å². The lowest BCUT2D eigenvalue weighted by atomic mass is 10.0. The van der Waals surface area contributed by atoms with Crippen LogP contribution in [0, 0.1) is 0 Å². The molecule has 1 aliphatic heterocycles. The summed E-state index contributed by atoms with van der Waals surface area (Å²) in [6.45, 7) is 4.12. The number of rotatable bonds is 2. The van der Waals surface area contributed by atoms with Gasteiger partial charge < -0.3 is 9.53 Å². The normalized spacial score (nSPS) is 31.3. The van der Waals surface area contributed by atoms with E-state index in [1.165, 1.54) is 5.57 Å². The van der Waals surface area contributed by atoms with Crippen molar-refractivity contribution >= 4 is 6.29 Å². The van der Waals surface area contributed by atoms with E-state index < -0.39 is 0 Å². The molecule has 2 unspecified atom stereocenters. The first-order valence-electron chi connectivity index (χ1n) is 4.05. The number of carbonyl (C=O) groups excluding carboxylic acids is 1. The van der Waals surface area contributed by atoms with Crippen LogP contribution in [0.3, 0.4) is 0 Å². The lowest BCUT2D eigenvalue weighted by Crippen LogP contribution is -2.27. The average Bonchev–Trinajstić information content (AvgIpc) is 2.05. The van der Waals surface area contributed by atoms with Gasteiger partial charge in [-0.05, 0) is 25.3 Å². The van der Waals surface area contributed by atoms with Gasteiger partial charge in [-0.25, -0.2) is 0 Å². The van der Waals surface area contributed by atoms with Gasteiger partial charge in [-0.2, -0.15) is 0 Å². The van der Waals surface area contributed by atoms with Crippen LogP contribution in [0.5, 0.6) is 0 Å². The van der Waals surface area contributed by atoms with Crippen molar-refractivity contribution in [2.45, 2.75) is 38.9 Å². The second kappa shape index (κ2) is 3.67. The largest absolute Gasteiger partial charge is 0.363 e. The second-order valence-corrected chi connectivity index (χ2v) is 2.89. The summed E-state index contributed by atoms with van der Waals surface area (Å²) in [6, 6.07) is 0. The van der Waals surface area contributed by atoms with Crippen molar-refractivity contribution in [2.75, 3.05) is 0 Å². The highest BCUT2D eigenvalue weighted by Crippen LogP contribution is 2.19. The van der Waals surface area contributed by atoms with E-state index in [-0.39, 0.29) is 12.2 Å². The summed E-state index contributed by atoms with van der Waals surface area (Å²) in [4.78, 5) is 10.4. The SMILES string of the molecule is CCC1OC(C=O)CC=C1C. The molecule has 1 rings (SSSR count). The first kappa shape index (κ1) is 8.47. The summed E-state index contributed by atoms with van der Waals surface area (Å²) in [5, 5.41) is 0. The third-order valence-corrected chi connectivity index (χ3v) is 2.04. The van der Waals surface area contributed by atoms with Crippen LogP contribution in [0.15, 0.2) is 11.6 Å². The molecule has 0 bridgehead atoms. The van der Waals surface area contributed by atoms with Crippen LogP contribution in [0.4, 0.5) is 0 Å². The third kappa shape index (κ3) is 1.90. The molecule has 0 radical (unpaired) electrons. The van der Waals surface area contributed by atoms with Crippen molar-refractivity contribution in [3.05, 3.63) is 11.6 Å². The van der Waals surface area contributed by atoms with Gasteiger partial charge in [0.15, 0.2) is 0 Å². The maximum absolute atomic E-state index is 10.4. The molecular formula is C9H14O2. The summed E-state index contributed by atoms with van der Waals surface area (Å²) in [5.41, 5.74) is 1.26. The Labute approximate surface area is 67.2 Å². The minimum Gasteiger partial charge on any atom is -0.363 e. The monoisotopic (exact) mass is 154 g/mol. The fraction of sp³-hybridized carbons (Fsp3) is 0.667. The zero-order chi connectivity index (χ0) is 8.27. The standard InChI is InChI=1S/C9H14O2/c1-3-9-7(2)4-5-8(6-10)11-9/h4,6,8-9H,3,5H2,1-2H3. The highest BCUT2D eigenvalue weighted by Gasteiger charge is 2.19. The second-order valence-electron chi connectivity index (χ2n) is 2.89. The van der Waals surface area contributed by atoms with E-state index in [0.29, 0.717) is 0 Å². The molecule has 0 aromatic rings. The Morgan fingerprint density at radius 3 is 3.09 bits per heavy atom. The molecule has 2 atom stereocenters. The van der Waals surface area contributed by atoms with Crippen LogP contribution in [-0.2, 0) is 9.53 Å². The minimum atomic E-state index is -0.205. The number of hydrogen-bond acceptors (Lipinski definition) is 2. The molecule has 1 heterocycles. The molecule has 0 fully saturated rings. The summed E-state index contributed by atoms with van der Waals surface area (Å²) in [5.74, 6) is 0. The zero-order valence-electron chi connectivity index (χ0n) is 7.04. The van der Waals surface area contributed by atoms with E-state index in [0.717, 1.165) is 19.1 Å². The number of aldehydes is 1. The van der Waals surface area contributed by atoms with Crippen molar-refractivity contribution in [1.82, 2.24) is 0 Å². The van der Waals surface area contributed by atoms with Gasteiger partial charge in [-0.1, -0.05) is 13.0 Å². The van der Waals surface area contributed by atoms with Gasteiger partial charge in [0.25, 0.3) is 0 Å². The Morgan fingerprint density at radius 1 is 1.82 bits per heavy atom. The maximum Gasteiger partial charge on any atom is 0.149 e. The minimum absolute atomic E-state index is 0.166. The average molecular weight is 154 g/mol. The fourth-order valence-electron chi connectivity index (χ4n) is 1.31. The van der Waals surface area contributed by atoms with Crippen LogP contribution >= 0.6 is 0 Å². The molecule has 2 heteroatoms. The van der Waals surface area contributed by atoms with E-state index in [9.17, 15) is 4.79 Å². The predicted molar refractivity (Wildman–Crippen MR) is 43.4 cm³/mol. The highest BCUT2D eigenvalue weighted by molar-refractivity contribution is 5.57. The number of ether oxygens (including phenoxy) is 1. The Balaban J connectivity index is 2.60. The van der Waals surface area contributed by atoms with Crippen LogP contribution in [0.2, 0.25) is 0 Å². The molecule has 0 saturated heterocycles. The van der Waals surface area contributed by atoms with Gasteiger partial charge in [0.05, 0.1) is 6.10 Å². The third-order valence-electron chi connectivity index (χ3n) is 2.04. The molecule has 0 saturated carbocycles. The maximum atomic E-state index is 10.4. The van der Waals surface area contributed by atoms with Crippen molar-refractivity contribution < 1.29 is 9.53 Å². The quantitative estimate of drug-likeness (QED) is 0.447. The molecule has 0 aliphatic carbocycles. The van der Waals surface area contributed by atoms with Crippen LogP contribution in [-0.4, -0.2) is 18.5 Å². The van der Waals surface area contributed by atoms with E-state index in [1.807, 2.05) is 0 Å². The van der Waals surface area contributed by atoms with Gasteiger partial charge in [-0.15, -0.1) is 0 Å². The van der Waals surface area contributed by atoms with Crippen molar-refractivity contribution in [1.29, 1.82) is 0 Å². The molecule has 0 aromatic carbocycles. The highest BCUT2D eigenvalue weighted by atomic mass is 16.5. The Bertz CT molecular complexity index is 172. The Morgan fingerprint density at radius 2 is 2.55 bits per heavy atom. The van der Waals surface area contributed by atoms with Gasteiger partial charge in [0.2, 0.25) is 0 Å². The molecule has 62 valence electrons. The molecule has 1 aliphatic rings. The van der Waals surface area contributed by atoms with E-state index in [4.69, 9.17) is 4.74 Å². The molecule has 0 amide bonds. The van der Waals surface area contributed by atoms with Gasteiger partial charge in [-0.3, -0.25) is 0 Å². The van der Waals surface area contributed by atoms with E-state index >= 15 is 0 Å². The summed E-state index contributed by atoms with van der Waals surface area (Å²) < 4.78 is 5.46. The molecule has 0 N–H and O–H groups in total. The first-order chi connectivity index (χ1) is 5.27. The molecule has 0 aromatic heterocycles. The fourth-order valence-corrected chi connectivity index (χ4v) is 1.31. The van der Waals surface area contributed by atoms with Crippen molar-refractivity contribution in [2.24, 2.45) is 0 Å². The number of hydrogen-bond donors (Lipinski definition) is 0. The van der Waals surface area contributed by atoms with Gasteiger partial charge in [0.1, 0.15) is 12.4 Å². The van der Waals surface area contributed by atoms with Crippen LogP contribution in [0.25, 0.3) is 0 Å². The topological polar surface area (TPSA) is 26.3 Å². The van der Waals surface area contributed by atoms with Crippen molar-refractivity contribution in [3.8, 4) is 0 Å². The zero-order valence-corrected chi connectivity index (χ0v) is 7.04. The predicted octanol–water partition coefficient (Wildman–Crippen LogP) is 1.70. The van der Waals surface area contributed by atoms with Gasteiger partial charge in [0, 0.05) is 0 Å². The molecular weight excluding hydrogens is 140 g/mol. The van der Waals surface area contributed by atoms with Crippen LogP contribution in [0.1, 0.15) is 26.7 Å². The van der Waals surface area contributed by atoms with Crippen LogP contribution < -0.4 is 0 Å². The summed E-state index contributed by atoms with van der Waals surface area (Å²) in [7, 11) is 0. The Kier molecular flexibility index (Phi) is 2.83. The van der Waals surface area contributed by atoms with E-state index in [1.54, 1.807) is 0 Å². The summed E-state index contributed by atoms with van der Waals surface area (Å²) >= 11 is 0.